The molecular formula is C27H23BrFN5O4S. The largest absolute Gasteiger partial charge is 0.271 e. The number of non-ortho nitro benzene ring substituents is 1. The van der Waals surface area contributed by atoms with Gasteiger partial charge in [0, 0.05) is 34.2 Å². The van der Waals surface area contributed by atoms with Crippen molar-refractivity contribution >= 4 is 31.6 Å². The van der Waals surface area contributed by atoms with Gasteiger partial charge in [-0.3, -0.25) is 10.1 Å². The highest BCUT2D eigenvalue weighted by atomic mass is 79.9. The van der Waals surface area contributed by atoms with E-state index < -0.39 is 20.8 Å². The van der Waals surface area contributed by atoms with Crippen molar-refractivity contribution in [3.05, 3.63) is 104 Å². The highest BCUT2D eigenvalue weighted by Gasteiger charge is 2.23. The third-order valence-electron chi connectivity index (χ3n) is 6.23. The maximum atomic E-state index is 15.4. The molecule has 1 aromatic heterocycles. The van der Waals surface area contributed by atoms with Crippen LogP contribution < -0.4 is 5.14 Å². The maximum Gasteiger partial charge on any atom is 0.271 e. The molecule has 0 spiro atoms. The number of hydrogen-bond acceptors (Lipinski definition) is 6. The lowest BCUT2D eigenvalue weighted by atomic mass is 9.97. The van der Waals surface area contributed by atoms with Gasteiger partial charge in [-0.15, -0.1) is 0 Å². The van der Waals surface area contributed by atoms with Crippen LogP contribution in [-0.2, 0) is 22.9 Å². The number of aryl methyl sites for hydroxylation is 1. The van der Waals surface area contributed by atoms with E-state index in [1.807, 2.05) is 6.92 Å². The summed E-state index contributed by atoms with van der Waals surface area (Å²) in [5, 5.41) is 31.4. The first kappa shape index (κ1) is 28.1. The van der Waals surface area contributed by atoms with E-state index in [1.54, 1.807) is 18.2 Å². The highest BCUT2D eigenvalue weighted by Crippen LogP contribution is 2.32. The number of rotatable bonds is 9. The molecule has 0 aliphatic heterocycles. The number of benzene rings is 3. The first-order valence-electron chi connectivity index (χ1n) is 11.9. The molecule has 1 heterocycles. The Morgan fingerprint density at radius 3 is 2.56 bits per heavy atom. The number of unbranched alkanes of at least 4 members (excludes halogenated alkanes) is 1. The van der Waals surface area contributed by atoms with Crippen molar-refractivity contribution in [1.82, 2.24) is 9.78 Å². The lowest BCUT2D eigenvalue weighted by molar-refractivity contribution is -0.384. The molecule has 4 rings (SSSR count). The normalized spacial score (nSPS) is 11.4. The average Bonchev–Trinajstić information content (AvgIpc) is 3.24. The fourth-order valence-electron chi connectivity index (χ4n) is 4.29. The Bertz CT molecular complexity index is 1730. The number of nitro groups is 1. The number of aromatic nitrogens is 2. The predicted molar refractivity (Wildman–Crippen MR) is 147 cm³/mol. The van der Waals surface area contributed by atoms with Crippen molar-refractivity contribution in [3.8, 4) is 22.9 Å². The number of nitro benzene ring substituents is 1. The van der Waals surface area contributed by atoms with Gasteiger partial charge in [0.1, 0.15) is 17.6 Å². The summed E-state index contributed by atoms with van der Waals surface area (Å²) in [6.45, 7) is 2.01. The third-order valence-corrected chi connectivity index (χ3v) is 7.87. The van der Waals surface area contributed by atoms with Crippen LogP contribution in [0, 0.1) is 27.3 Å². The lowest BCUT2D eigenvalue weighted by Gasteiger charge is -2.11. The Morgan fingerprint density at radius 2 is 1.92 bits per heavy atom. The second-order valence-electron chi connectivity index (χ2n) is 8.82. The first-order chi connectivity index (χ1) is 18.5. The zero-order valence-electron chi connectivity index (χ0n) is 20.8. The van der Waals surface area contributed by atoms with E-state index in [4.69, 9.17) is 5.14 Å². The molecule has 4 aromatic rings. The Balaban J connectivity index is 1.81. The minimum Gasteiger partial charge on any atom is -0.258 e. The van der Waals surface area contributed by atoms with Crippen LogP contribution in [0.1, 0.15) is 42.3 Å². The molecule has 0 saturated heterocycles. The minimum absolute atomic E-state index is 0.0391. The van der Waals surface area contributed by atoms with E-state index in [0.29, 0.717) is 33.4 Å². The number of hydrogen-bond donors (Lipinski definition) is 1. The van der Waals surface area contributed by atoms with Crippen molar-refractivity contribution in [3.63, 3.8) is 0 Å². The second-order valence-corrected chi connectivity index (χ2v) is 11.2. The monoisotopic (exact) mass is 611 g/mol. The number of nitrogens with zero attached hydrogens (tertiary/aromatic N) is 4. The summed E-state index contributed by atoms with van der Waals surface area (Å²) in [6.07, 6.45) is 2.21. The lowest BCUT2D eigenvalue weighted by Crippen LogP contribution is -2.13. The van der Waals surface area contributed by atoms with Crippen molar-refractivity contribution in [2.45, 2.75) is 37.5 Å². The molecule has 0 unspecified atom stereocenters. The molecule has 200 valence electrons. The zero-order valence-corrected chi connectivity index (χ0v) is 23.2. The van der Waals surface area contributed by atoms with Gasteiger partial charge in [-0.1, -0.05) is 43.7 Å². The molecule has 0 atom stereocenters. The molecule has 9 nitrogen and oxygen atoms in total. The summed E-state index contributed by atoms with van der Waals surface area (Å²) in [4.78, 5) is 10.7. The fraction of sp³-hybridized carbons (Fsp3) is 0.185. The first-order valence-corrected chi connectivity index (χ1v) is 14.2. The molecule has 2 N–H and O–H groups in total. The number of halogens is 2. The Hall–Kier alpha value is -3.92. The van der Waals surface area contributed by atoms with Gasteiger partial charge in [-0.2, -0.15) is 10.4 Å². The van der Waals surface area contributed by atoms with Gasteiger partial charge < -0.3 is 0 Å². The molecule has 0 bridgehead atoms. The van der Waals surface area contributed by atoms with E-state index in [9.17, 15) is 23.8 Å². The quantitative estimate of drug-likeness (QED) is 0.187. The molecule has 0 saturated carbocycles. The molecule has 12 heteroatoms. The van der Waals surface area contributed by atoms with E-state index in [-0.39, 0.29) is 33.8 Å². The van der Waals surface area contributed by atoms with Crippen LogP contribution in [0.2, 0.25) is 0 Å². The van der Waals surface area contributed by atoms with Crippen LogP contribution >= 0.6 is 15.9 Å². The van der Waals surface area contributed by atoms with E-state index in [2.05, 4.69) is 27.1 Å². The molecule has 39 heavy (non-hydrogen) atoms. The maximum absolute atomic E-state index is 15.4. The van der Waals surface area contributed by atoms with Gasteiger partial charge >= 0.3 is 0 Å². The van der Waals surface area contributed by atoms with Crippen LogP contribution in [0.25, 0.3) is 16.8 Å². The molecule has 0 fully saturated rings. The van der Waals surface area contributed by atoms with Crippen LogP contribution in [0.3, 0.4) is 0 Å². The average molecular weight is 612 g/mol. The summed E-state index contributed by atoms with van der Waals surface area (Å²) in [6, 6.07) is 16.8. The zero-order chi connectivity index (χ0) is 28.3. The van der Waals surface area contributed by atoms with Crippen LogP contribution in [0.15, 0.2) is 70.0 Å². The minimum atomic E-state index is -4.03. The van der Waals surface area contributed by atoms with Crippen LogP contribution in [-0.4, -0.2) is 23.1 Å². The second kappa shape index (κ2) is 11.4. The van der Waals surface area contributed by atoms with Gasteiger partial charge in [0.15, 0.2) is 0 Å². The van der Waals surface area contributed by atoms with Gasteiger partial charge in [0.25, 0.3) is 5.69 Å². The smallest absolute Gasteiger partial charge is 0.258 e. The Kier molecular flexibility index (Phi) is 8.25. The summed E-state index contributed by atoms with van der Waals surface area (Å²) in [7, 11) is -4.03. The number of primary sulfonamides is 1. The molecule has 3 aromatic carbocycles. The van der Waals surface area contributed by atoms with Crippen molar-refractivity contribution in [2.24, 2.45) is 5.14 Å². The summed E-state index contributed by atoms with van der Waals surface area (Å²) in [5.41, 5.74) is 2.30. The SMILES string of the molecule is CCCCc1nn(-c2cc([N+](=O)[O-])ccc2Br)c(C#N)c1Cc1ccc(-c2ccccc2S(N)(=O)=O)cc1F. The highest BCUT2D eigenvalue weighted by molar-refractivity contribution is 9.10. The number of sulfonamides is 1. The molecule has 0 amide bonds. The molecule has 0 radical (unpaired) electrons. The van der Waals surface area contributed by atoms with Gasteiger partial charge in [-0.05, 0) is 58.1 Å². The van der Waals surface area contributed by atoms with Crippen molar-refractivity contribution < 1.29 is 17.7 Å². The number of nitriles is 1. The van der Waals surface area contributed by atoms with Gasteiger partial charge in [0.05, 0.1) is 21.2 Å². The standard InChI is InChI=1S/C27H23BrFN5O4S/c1-2-3-7-24-21(26(16-30)33(32-24)25-15-19(34(35)36)11-12-22(25)28)13-18-10-9-17(14-23(18)29)20-6-4-5-8-27(20)39(31,37)38/h4-6,8-12,14-15H,2-3,7,13H2,1H3,(H2,31,37,38). The molecule has 0 aliphatic carbocycles. The van der Waals surface area contributed by atoms with Crippen LogP contribution in [0.5, 0.6) is 0 Å². The van der Waals surface area contributed by atoms with E-state index in [1.165, 1.54) is 47.1 Å². The van der Waals surface area contributed by atoms with Crippen LogP contribution in [0.4, 0.5) is 10.1 Å². The Labute approximate surface area is 233 Å². The summed E-state index contributed by atoms with van der Waals surface area (Å²) >= 11 is 3.39. The Morgan fingerprint density at radius 1 is 1.18 bits per heavy atom. The van der Waals surface area contributed by atoms with Gasteiger partial charge in [-0.25, -0.2) is 22.6 Å². The third kappa shape index (κ3) is 5.90. The molecule has 0 aliphatic rings. The summed E-state index contributed by atoms with van der Waals surface area (Å²) < 4.78 is 41.3. The predicted octanol–water partition coefficient (Wildman–Crippen LogP) is 5.80. The van der Waals surface area contributed by atoms with Crippen molar-refractivity contribution in [2.75, 3.05) is 0 Å². The topological polar surface area (TPSA) is 145 Å². The van der Waals surface area contributed by atoms with E-state index >= 15 is 4.39 Å². The number of nitrogens with two attached hydrogens (primary N) is 1. The van der Waals surface area contributed by atoms with E-state index in [0.717, 1.165) is 12.8 Å². The van der Waals surface area contributed by atoms with Gasteiger partial charge in [0.2, 0.25) is 10.0 Å². The molecular weight excluding hydrogens is 589 g/mol. The fourth-order valence-corrected chi connectivity index (χ4v) is 5.47. The summed E-state index contributed by atoms with van der Waals surface area (Å²) in [5.74, 6) is -0.591. The van der Waals surface area contributed by atoms with Crippen molar-refractivity contribution in [1.29, 1.82) is 5.26 Å².